The van der Waals surface area contributed by atoms with Gasteiger partial charge in [-0.1, -0.05) is 36.0 Å². The number of aliphatic imine (C=N–C) groups is 1. The summed E-state index contributed by atoms with van der Waals surface area (Å²) >= 11 is 1.25. The molecular weight excluding hydrogens is 350 g/mol. The molecule has 0 spiro atoms. The molecule has 0 radical (unpaired) electrons. The van der Waals surface area contributed by atoms with Gasteiger partial charge in [0.15, 0.2) is 5.17 Å². The fourth-order valence-electron chi connectivity index (χ4n) is 2.42. The predicted octanol–water partition coefficient (Wildman–Crippen LogP) is 3.33. The van der Waals surface area contributed by atoms with Crippen molar-refractivity contribution in [2.24, 2.45) is 4.99 Å². The third-order valence-corrected chi connectivity index (χ3v) is 4.64. The summed E-state index contributed by atoms with van der Waals surface area (Å²) < 4.78 is 5.43. The fourth-order valence-corrected chi connectivity index (χ4v) is 3.42. The van der Waals surface area contributed by atoms with Gasteiger partial charge in [-0.05, 0) is 31.2 Å². The third-order valence-electron chi connectivity index (χ3n) is 3.56. The van der Waals surface area contributed by atoms with Crippen molar-refractivity contribution < 1.29 is 14.3 Å². The third kappa shape index (κ3) is 4.86. The summed E-state index contributed by atoms with van der Waals surface area (Å²) in [5.41, 5.74) is 1.36. The maximum atomic E-state index is 12.6. The Labute approximate surface area is 156 Å². The number of nitrogens with one attached hydrogen (secondary N) is 2. The number of nitrogens with zero attached hydrogens (tertiary/aromatic N) is 1. The first kappa shape index (κ1) is 18.0. The SMILES string of the molecule is CCOc1cccc(NC(=O)[C@@H]2CC(=O)NC(=Nc3ccccc3)S2)c1. The number of amides is 2. The normalized spacial score (nSPS) is 18.3. The van der Waals surface area contributed by atoms with Crippen molar-refractivity contribution in [3.63, 3.8) is 0 Å². The molecule has 1 fully saturated rings. The van der Waals surface area contributed by atoms with Gasteiger partial charge >= 0.3 is 0 Å². The fraction of sp³-hybridized carbons (Fsp3) is 0.211. The minimum atomic E-state index is -0.540. The van der Waals surface area contributed by atoms with Gasteiger partial charge in [0.1, 0.15) is 11.0 Å². The van der Waals surface area contributed by atoms with Crippen LogP contribution in [0.3, 0.4) is 0 Å². The van der Waals surface area contributed by atoms with E-state index in [4.69, 9.17) is 4.74 Å². The van der Waals surface area contributed by atoms with Crippen LogP contribution in [0.25, 0.3) is 0 Å². The van der Waals surface area contributed by atoms with E-state index in [0.717, 1.165) is 5.69 Å². The highest BCUT2D eigenvalue weighted by molar-refractivity contribution is 8.15. The van der Waals surface area contributed by atoms with Crippen LogP contribution in [0.4, 0.5) is 11.4 Å². The maximum absolute atomic E-state index is 12.6. The van der Waals surface area contributed by atoms with E-state index in [0.29, 0.717) is 23.2 Å². The molecule has 0 saturated carbocycles. The molecule has 0 unspecified atom stereocenters. The molecule has 1 aliphatic heterocycles. The van der Waals surface area contributed by atoms with Gasteiger partial charge in [0, 0.05) is 18.2 Å². The zero-order valence-corrected chi connectivity index (χ0v) is 15.1. The number of amidine groups is 1. The lowest BCUT2D eigenvalue weighted by molar-refractivity contribution is -0.123. The van der Waals surface area contributed by atoms with Gasteiger partial charge < -0.3 is 15.4 Å². The predicted molar refractivity (Wildman–Crippen MR) is 104 cm³/mol. The van der Waals surface area contributed by atoms with Crippen LogP contribution in [0.15, 0.2) is 59.6 Å². The Bertz CT molecular complexity index is 824. The summed E-state index contributed by atoms with van der Waals surface area (Å²) in [5.74, 6) is 0.228. The topological polar surface area (TPSA) is 79.8 Å². The molecule has 6 nitrogen and oxygen atoms in total. The zero-order valence-electron chi connectivity index (χ0n) is 14.3. The van der Waals surface area contributed by atoms with Gasteiger partial charge in [0.25, 0.3) is 0 Å². The van der Waals surface area contributed by atoms with Crippen LogP contribution in [0.5, 0.6) is 5.75 Å². The number of carbonyl (C=O) groups is 2. The van der Waals surface area contributed by atoms with Crippen molar-refractivity contribution in [3.05, 3.63) is 54.6 Å². The Kier molecular flexibility index (Phi) is 5.91. The number of carbonyl (C=O) groups excluding carboxylic acids is 2. The lowest BCUT2D eigenvalue weighted by Crippen LogP contribution is -2.41. The molecule has 0 bridgehead atoms. The standard InChI is InChI=1S/C19H19N3O3S/c1-2-25-15-10-6-9-14(11-15)20-18(24)16-12-17(23)22-19(26-16)21-13-7-4-3-5-8-13/h3-11,16H,2,12H2,1H3,(H,20,24)(H,21,22,23)/t16-/m0/s1. The Morgan fingerprint density at radius 2 is 2.08 bits per heavy atom. The van der Waals surface area contributed by atoms with E-state index in [-0.39, 0.29) is 18.2 Å². The van der Waals surface area contributed by atoms with Crippen LogP contribution in [0.1, 0.15) is 13.3 Å². The first-order valence-corrected chi connectivity index (χ1v) is 9.16. The van der Waals surface area contributed by atoms with E-state index in [1.165, 1.54) is 11.8 Å². The second kappa shape index (κ2) is 8.53. The molecule has 0 aromatic heterocycles. The van der Waals surface area contributed by atoms with Crippen molar-refractivity contribution in [2.75, 3.05) is 11.9 Å². The highest BCUT2D eigenvalue weighted by Gasteiger charge is 2.30. The number of para-hydroxylation sites is 1. The van der Waals surface area contributed by atoms with Gasteiger partial charge in [0.05, 0.1) is 12.3 Å². The number of thioether (sulfide) groups is 1. The molecule has 1 aliphatic rings. The summed E-state index contributed by atoms with van der Waals surface area (Å²) in [6.45, 7) is 2.45. The Morgan fingerprint density at radius 1 is 1.27 bits per heavy atom. The highest BCUT2D eigenvalue weighted by atomic mass is 32.2. The van der Waals surface area contributed by atoms with E-state index in [1.54, 1.807) is 12.1 Å². The summed E-state index contributed by atoms with van der Waals surface area (Å²) in [4.78, 5) is 28.9. The quantitative estimate of drug-likeness (QED) is 0.847. The molecule has 1 atom stereocenters. The van der Waals surface area contributed by atoms with Gasteiger partial charge in [0.2, 0.25) is 11.8 Å². The monoisotopic (exact) mass is 369 g/mol. The number of hydrogen-bond acceptors (Lipinski definition) is 5. The van der Waals surface area contributed by atoms with Crippen LogP contribution in [-0.4, -0.2) is 28.8 Å². The lowest BCUT2D eigenvalue weighted by atomic mass is 10.2. The van der Waals surface area contributed by atoms with E-state index in [1.807, 2.05) is 49.4 Å². The van der Waals surface area contributed by atoms with Crippen molar-refractivity contribution in [3.8, 4) is 5.75 Å². The Morgan fingerprint density at radius 3 is 2.85 bits per heavy atom. The smallest absolute Gasteiger partial charge is 0.238 e. The average molecular weight is 369 g/mol. The van der Waals surface area contributed by atoms with Gasteiger partial charge in [-0.3, -0.25) is 9.59 Å². The molecule has 2 N–H and O–H groups in total. The van der Waals surface area contributed by atoms with E-state index < -0.39 is 5.25 Å². The van der Waals surface area contributed by atoms with E-state index in [2.05, 4.69) is 15.6 Å². The number of hydrogen-bond donors (Lipinski definition) is 2. The van der Waals surface area contributed by atoms with Crippen molar-refractivity contribution in [2.45, 2.75) is 18.6 Å². The molecule has 3 rings (SSSR count). The first-order valence-electron chi connectivity index (χ1n) is 8.28. The molecule has 7 heteroatoms. The second-order valence-corrected chi connectivity index (χ2v) is 6.75. The van der Waals surface area contributed by atoms with Gasteiger partial charge in [-0.15, -0.1) is 0 Å². The molecule has 1 saturated heterocycles. The van der Waals surface area contributed by atoms with Crippen molar-refractivity contribution in [1.82, 2.24) is 5.32 Å². The minimum Gasteiger partial charge on any atom is -0.494 e. The maximum Gasteiger partial charge on any atom is 0.238 e. The van der Waals surface area contributed by atoms with Crippen LogP contribution in [0.2, 0.25) is 0 Å². The second-order valence-electron chi connectivity index (χ2n) is 5.56. The number of benzene rings is 2. The minimum absolute atomic E-state index is 0.107. The van der Waals surface area contributed by atoms with Crippen LogP contribution in [-0.2, 0) is 9.59 Å². The number of anilines is 1. The summed E-state index contributed by atoms with van der Waals surface area (Å²) in [7, 11) is 0. The van der Waals surface area contributed by atoms with E-state index >= 15 is 0 Å². The van der Waals surface area contributed by atoms with E-state index in [9.17, 15) is 9.59 Å². The summed E-state index contributed by atoms with van der Waals surface area (Å²) in [6, 6.07) is 16.5. The number of ether oxygens (including phenoxy) is 1. The molecular formula is C19H19N3O3S. The largest absolute Gasteiger partial charge is 0.494 e. The molecule has 2 amide bonds. The average Bonchev–Trinajstić information content (AvgIpc) is 2.63. The van der Waals surface area contributed by atoms with Crippen molar-refractivity contribution >= 4 is 40.1 Å². The Hall–Kier alpha value is -2.80. The summed E-state index contributed by atoms with van der Waals surface area (Å²) in [5, 5.41) is 5.44. The Balaban J connectivity index is 1.69. The highest BCUT2D eigenvalue weighted by Crippen LogP contribution is 2.25. The molecule has 134 valence electrons. The molecule has 1 heterocycles. The lowest BCUT2D eigenvalue weighted by Gasteiger charge is -2.22. The molecule has 26 heavy (non-hydrogen) atoms. The van der Waals surface area contributed by atoms with Gasteiger partial charge in [-0.25, -0.2) is 4.99 Å². The number of rotatable bonds is 5. The van der Waals surface area contributed by atoms with Crippen molar-refractivity contribution in [1.29, 1.82) is 0 Å². The zero-order chi connectivity index (χ0) is 18.4. The molecule has 2 aromatic rings. The van der Waals surface area contributed by atoms with Crippen LogP contribution in [0, 0.1) is 0 Å². The van der Waals surface area contributed by atoms with Gasteiger partial charge in [-0.2, -0.15) is 0 Å². The van der Waals surface area contributed by atoms with Crippen LogP contribution >= 0.6 is 11.8 Å². The van der Waals surface area contributed by atoms with Crippen LogP contribution < -0.4 is 15.4 Å². The summed E-state index contributed by atoms with van der Waals surface area (Å²) in [6.07, 6.45) is 0.107. The molecule has 2 aromatic carbocycles. The first-order chi connectivity index (χ1) is 12.6. The molecule has 0 aliphatic carbocycles.